The maximum absolute atomic E-state index is 12.7. The van der Waals surface area contributed by atoms with Crippen LogP contribution in [0.5, 0.6) is 11.5 Å². The van der Waals surface area contributed by atoms with Gasteiger partial charge in [0.05, 0.1) is 25.5 Å². The van der Waals surface area contributed by atoms with Crippen LogP contribution in [0.3, 0.4) is 0 Å². The standard InChI is InChI=1S/C20H27N5O6S.CH2O2/c1-25-12-18(23-13-25)32(28,29)24-16-5-3-4-8-21-19(26)15-7-6-14(30-2)11-17(15)31-10-9-22-20(16)27;2-1-3/h6-7,11-13,16,24H,3-5,8-10H2,1-2H3,(H,21,26)(H,22,27);1H,(H,2,3)/t16-;/m0./s1. The van der Waals surface area contributed by atoms with Crippen LogP contribution < -0.4 is 24.8 Å². The summed E-state index contributed by atoms with van der Waals surface area (Å²) in [6, 6.07) is 3.92. The van der Waals surface area contributed by atoms with E-state index in [1.54, 1.807) is 25.2 Å². The lowest BCUT2D eigenvalue weighted by Gasteiger charge is -2.19. The fourth-order valence-corrected chi connectivity index (χ4v) is 4.40. The summed E-state index contributed by atoms with van der Waals surface area (Å²) in [6.45, 7) is 0.323. The van der Waals surface area contributed by atoms with Crippen molar-refractivity contribution >= 4 is 28.3 Å². The molecule has 0 saturated carbocycles. The minimum atomic E-state index is -3.96. The Morgan fingerprint density at radius 2 is 2.00 bits per heavy atom. The Morgan fingerprint density at radius 3 is 2.66 bits per heavy atom. The first kappa shape index (κ1) is 27.6. The van der Waals surface area contributed by atoms with Crippen LogP contribution in [-0.2, 0) is 26.7 Å². The predicted molar refractivity (Wildman–Crippen MR) is 124 cm³/mol. The van der Waals surface area contributed by atoms with Crippen molar-refractivity contribution in [1.82, 2.24) is 24.9 Å². The van der Waals surface area contributed by atoms with E-state index in [0.717, 1.165) is 0 Å². The molecule has 1 aliphatic heterocycles. The molecule has 0 saturated heterocycles. The molecule has 1 aliphatic rings. The Labute approximate surface area is 202 Å². The molecule has 4 N–H and O–H groups in total. The van der Waals surface area contributed by atoms with E-state index in [2.05, 4.69) is 20.3 Å². The topological polar surface area (TPSA) is 178 Å². The lowest BCUT2D eigenvalue weighted by molar-refractivity contribution is -0.123. The Balaban J connectivity index is 0.00000137. The Hall–Kier alpha value is -3.65. The first-order chi connectivity index (χ1) is 16.7. The molecule has 1 atom stereocenters. The normalized spacial score (nSPS) is 17.3. The lowest BCUT2D eigenvalue weighted by atomic mass is 10.1. The third kappa shape index (κ3) is 8.26. The van der Waals surface area contributed by atoms with Gasteiger partial charge >= 0.3 is 0 Å². The van der Waals surface area contributed by atoms with E-state index in [0.29, 0.717) is 36.4 Å². The summed E-state index contributed by atoms with van der Waals surface area (Å²) in [6.07, 6.45) is 4.08. The zero-order valence-electron chi connectivity index (χ0n) is 19.4. The minimum Gasteiger partial charge on any atom is -0.497 e. The molecule has 13 nitrogen and oxygen atoms in total. The number of sulfonamides is 1. The van der Waals surface area contributed by atoms with E-state index in [1.807, 2.05) is 0 Å². The average molecular weight is 512 g/mol. The molecule has 192 valence electrons. The molecule has 0 aliphatic carbocycles. The van der Waals surface area contributed by atoms with Crippen molar-refractivity contribution in [2.75, 3.05) is 26.8 Å². The maximum atomic E-state index is 12.7. The van der Waals surface area contributed by atoms with E-state index < -0.39 is 22.0 Å². The Kier molecular flexibility index (Phi) is 10.5. The van der Waals surface area contributed by atoms with Gasteiger partial charge in [-0.05, 0) is 31.4 Å². The number of nitrogens with one attached hydrogen (secondary N) is 3. The summed E-state index contributed by atoms with van der Waals surface area (Å²) in [5.74, 6) is 0.127. The average Bonchev–Trinajstić information content (AvgIpc) is 3.27. The van der Waals surface area contributed by atoms with Gasteiger partial charge in [-0.2, -0.15) is 4.72 Å². The van der Waals surface area contributed by atoms with Gasteiger partial charge in [-0.15, -0.1) is 0 Å². The molecule has 2 aromatic rings. The molecule has 2 heterocycles. The van der Waals surface area contributed by atoms with Gasteiger partial charge in [0.15, 0.2) is 5.03 Å². The van der Waals surface area contributed by atoms with Crippen molar-refractivity contribution in [3.8, 4) is 11.5 Å². The number of rotatable bonds is 4. The zero-order valence-corrected chi connectivity index (χ0v) is 20.2. The summed E-state index contributed by atoms with van der Waals surface area (Å²) in [4.78, 5) is 37.4. The highest BCUT2D eigenvalue weighted by Crippen LogP contribution is 2.25. The second-order valence-electron chi connectivity index (χ2n) is 7.41. The monoisotopic (exact) mass is 511 g/mol. The van der Waals surface area contributed by atoms with Crippen LogP contribution in [0.25, 0.3) is 0 Å². The number of hydrogen-bond donors (Lipinski definition) is 4. The molecule has 3 rings (SSSR count). The number of carbonyl (C=O) groups is 3. The molecule has 0 bridgehead atoms. The summed E-state index contributed by atoms with van der Waals surface area (Å²) in [5, 5.41) is 12.2. The largest absolute Gasteiger partial charge is 0.497 e. The van der Waals surface area contributed by atoms with E-state index in [1.165, 1.54) is 24.2 Å². The van der Waals surface area contributed by atoms with Gasteiger partial charge in [0.25, 0.3) is 22.4 Å². The number of hydrogen-bond acceptors (Lipinski definition) is 8. The molecule has 14 heteroatoms. The number of benzene rings is 1. The smallest absolute Gasteiger partial charge is 0.290 e. The number of fused-ring (bicyclic) bond motifs is 1. The van der Waals surface area contributed by atoms with E-state index in [4.69, 9.17) is 19.4 Å². The number of ether oxygens (including phenoxy) is 2. The molecule has 1 aromatic carbocycles. The highest BCUT2D eigenvalue weighted by molar-refractivity contribution is 7.89. The van der Waals surface area contributed by atoms with Crippen LogP contribution in [0.2, 0.25) is 0 Å². The highest BCUT2D eigenvalue weighted by atomic mass is 32.2. The molecular weight excluding hydrogens is 482 g/mol. The molecule has 0 radical (unpaired) electrons. The number of methoxy groups -OCH3 is 1. The zero-order chi connectivity index (χ0) is 25.8. The van der Waals surface area contributed by atoms with E-state index in [9.17, 15) is 18.0 Å². The second-order valence-corrected chi connectivity index (χ2v) is 9.07. The fraction of sp³-hybridized carbons (Fsp3) is 0.429. The summed E-state index contributed by atoms with van der Waals surface area (Å²) >= 11 is 0. The molecule has 2 amide bonds. The van der Waals surface area contributed by atoms with E-state index in [-0.39, 0.29) is 37.0 Å². The SMILES string of the molecule is COc1ccc2c(c1)OCCNC(=O)[C@@H](NS(=O)(=O)c1cn(C)cn1)CCCCNC2=O.O=CO. The number of aromatic nitrogens is 2. The van der Waals surface area contributed by atoms with Crippen LogP contribution in [0.1, 0.15) is 29.6 Å². The lowest BCUT2D eigenvalue weighted by Crippen LogP contribution is -2.47. The van der Waals surface area contributed by atoms with Crippen LogP contribution in [0.15, 0.2) is 35.7 Å². The first-order valence-corrected chi connectivity index (χ1v) is 12.1. The van der Waals surface area contributed by atoms with Gasteiger partial charge in [-0.1, -0.05) is 0 Å². The van der Waals surface area contributed by atoms with Crippen LogP contribution in [0.4, 0.5) is 0 Å². The highest BCUT2D eigenvalue weighted by Gasteiger charge is 2.27. The third-order valence-electron chi connectivity index (χ3n) is 4.87. The molecule has 35 heavy (non-hydrogen) atoms. The second kappa shape index (κ2) is 13.3. The molecule has 1 aromatic heterocycles. The number of amides is 2. The van der Waals surface area contributed by atoms with Gasteiger partial charge in [0, 0.05) is 25.9 Å². The number of aryl methyl sites for hydroxylation is 1. The summed E-state index contributed by atoms with van der Waals surface area (Å²) in [7, 11) is -0.798. The van der Waals surface area contributed by atoms with Crippen LogP contribution in [-0.4, -0.2) is 74.2 Å². The van der Waals surface area contributed by atoms with Crippen molar-refractivity contribution in [3.63, 3.8) is 0 Å². The summed E-state index contributed by atoms with van der Waals surface area (Å²) in [5.41, 5.74) is 0.371. The third-order valence-corrected chi connectivity index (χ3v) is 6.22. The van der Waals surface area contributed by atoms with Gasteiger partial charge in [-0.25, -0.2) is 13.4 Å². The van der Waals surface area contributed by atoms with Gasteiger partial charge < -0.3 is 29.8 Å². The van der Waals surface area contributed by atoms with Gasteiger partial charge in [-0.3, -0.25) is 14.4 Å². The van der Waals surface area contributed by atoms with Gasteiger partial charge in [0.2, 0.25) is 5.91 Å². The molecule has 0 spiro atoms. The number of carboxylic acid groups (broad SMARTS) is 1. The van der Waals surface area contributed by atoms with Crippen molar-refractivity contribution in [2.24, 2.45) is 7.05 Å². The molecule has 0 fully saturated rings. The molecular formula is C21H29N5O8S. The van der Waals surface area contributed by atoms with Gasteiger partial charge in [0.1, 0.15) is 24.1 Å². The number of carbonyl (C=O) groups excluding carboxylic acids is 2. The number of nitrogens with zero attached hydrogens (tertiary/aromatic N) is 2. The van der Waals surface area contributed by atoms with Crippen molar-refractivity contribution < 1.29 is 37.4 Å². The Morgan fingerprint density at radius 1 is 1.26 bits per heavy atom. The minimum absolute atomic E-state index is 0.0822. The van der Waals surface area contributed by atoms with Crippen LogP contribution in [0, 0.1) is 0 Å². The van der Waals surface area contributed by atoms with Crippen LogP contribution >= 0.6 is 0 Å². The fourth-order valence-electron chi connectivity index (χ4n) is 3.18. The van der Waals surface area contributed by atoms with Crippen molar-refractivity contribution in [3.05, 3.63) is 36.3 Å². The first-order valence-electron chi connectivity index (χ1n) is 10.7. The Bertz CT molecular complexity index is 1120. The summed E-state index contributed by atoms with van der Waals surface area (Å²) < 4.78 is 40.1. The van der Waals surface area contributed by atoms with Crippen molar-refractivity contribution in [2.45, 2.75) is 30.3 Å². The van der Waals surface area contributed by atoms with Crippen molar-refractivity contribution in [1.29, 1.82) is 0 Å². The number of imidazole rings is 1. The predicted octanol–water partition coefficient (Wildman–Crippen LogP) is -0.115. The maximum Gasteiger partial charge on any atom is 0.290 e. The van der Waals surface area contributed by atoms with E-state index >= 15 is 0 Å². The molecule has 0 unspecified atom stereocenters. The quantitative estimate of drug-likeness (QED) is 0.408.